The number of hydrogen-bond acceptors (Lipinski definition) is 5. The monoisotopic (exact) mass is 468 g/mol. The molecule has 0 saturated carbocycles. The molecule has 1 amide bonds. The first kappa shape index (κ1) is 23.3. The summed E-state index contributed by atoms with van der Waals surface area (Å²) in [7, 11) is 0. The lowest BCUT2D eigenvalue weighted by atomic mass is 10.1. The first-order chi connectivity index (χ1) is 16.3. The molecule has 2 N–H and O–H groups in total. The molecule has 0 radical (unpaired) electrons. The lowest BCUT2D eigenvalue weighted by Gasteiger charge is -2.13. The number of amides is 1. The van der Waals surface area contributed by atoms with E-state index in [2.05, 4.69) is 20.6 Å². The number of aliphatic imine (C=N–C) groups is 1. The Bertz CT molecular complexity index is 1220. The second-order valence-corrected chi connectivity index (χ2v) is 7.86. The largest absolute Gasteiger partial charge is 0.457 e. The topological polar surface area (TPSA) is 75.6 Å². The molecule has 0 unspecified atom stereocenters. The van der Waals surface area contributed by atoms with E-state index in [9.17, 15) is 18.0 Å². The van der Waals surface area contributed by atoms with Crippen molar-refractivity contribution in [3.05, 3.63) is 83.2 Å². The number of aryl methyl sites for hydroxylation is 2. The first-order valence-corrected chi connectivity index (χ1v) is 10.8. The molecule has 0 spiro atoms. The second kappa shape index (κ2) is 9.94. The molecule has 2 aromatic carbocycles. The Morgan fingerprint density at radius 3 is 2.71 bits per heavy atom. The summed E-state index contributed by atoms with van der Waals surface area (Å²) in [5.74, 6) is 1.58. The third-order valence-electron chi connectivity index (χ3n) is 5.26. The third kappa shape index (κ3) is 5.92. The molecule has 0 bridgehead atoms. The number of rotatable bonds is 7. The Kier molecular flexibility index (Phi) is 6.81. The lowest BCUT2D eigenvalue weighted by molar-refractivity contribution is -0.137. The van der Waals surface area contributed by atoms with Crippen LogP contribution in [0.4, 0.5) is 18.9 Å². The molecule has 6 nitrogen and oxygen atoms in total. The van der Waals surface area contributed by atoms with Gasteiger partial charge in [-0.1, -0.05) is 18.2 Å². The zero-order chi connectivity index (χ0) is 24.1. The van der Waals surface area contributed by atoms with Crippen LogP contribution >= 0.6 is 0 Å². The number of ether oxygens (including phenoxy) is 1. The second-order valence-electron chi connectivity index (χ2n) is 7.86. The summed E-state index contributed by atoms with van der Waals surface area (Å²) < 4.78 is 44.8. The van der Waals surface area contributed by atoms with Gasteiger partial charge in [-0.15, -0.1) is 0 Å². The molecule has 0 atom stereocenters. The van der Waals surface area contributed by atoms with Gasteiger partial charge in [0.15, 0.2) is 0 Å². The van der Waals surface area contributed by atoms with Crippen molar-refractivity contribution in [3.8, 4) is 11.5 Å². The van der Waals surface area contributed by atoms with Gasteiger partial charge in [0.05, 0.1) is 12.1 Å². The number of alkyl halides is 3. The number of hydrogen-bond donors (Lipinski definition) is 2. The Morgan fingerprint density at radius 1 is 1.12 bits per heavy atom. The van der Waals surface area contributed by atoms with Crippen LogP contribution in [-0.4, -0.2) is 29.8 Å². The van der Waals surface area contributed by atoms with Crippen LogP contribution in [0.5, 0.6) is 11.5 Å². The molecular weight excluding hydrogens is 445 g/mol. The predicted octanol–water partition coefficient (Wildman–Crippen LogP) is 5.12. The number of amidine groups is 1. The Balaban J connectivity index is 1.37. The van der Waals surface area contributed by atoms with Crippen molar-refractivity contribution < 1.29 is 22.7 Å². The maximum atomic E-state index is 13.0. The first-order valence-electron chi connectivity index (χ1n) is 10.8. The van der Waals surface area contributed by atoms with Crippen molar-refractivity contribution in [1.29, 1.82) is 0 Å². The number of anilines is 1. The van der Waals surface area contributed by atoms with E-state index in [4.69, 9.17) is 4.74 Å². The summed E-state index contributed by atoms with van der Waals surface area (Å²) in [6, 6.07) is 14.2. The van der Waals surface area contributed by atoms with Crippen LogP contribution < -0.4 is 15.4 Å². The quantitative estimate of drug-likeness (QED) is 0.505. The van der Waals surface area contributed by atoms with Crippen LogP contribution in [0.25, 0.3) is 0 Å². The molecule has 0 saturated heterocycles. The number of pyridine rings is 1. The van der Waals surface area contributed by atoms with Gasteiger partial charge in [-0.05, 0) is 54.8 Å². The van der Waals surface area contributed by atoms with Crippen molar-refractivity contribution in [2.45, 2.75) is 25.9 Å². The third-order valence-corrected chi connectivity index (χ3v) is 5.26. The number of carbonyl (C=O) groups is 1. The zero-order valence-electron chi connectivity index (χ0n) is 18.4. The minimum Gasteiger partial charge on any atom is -0.457 e. The molecule has 2 heterocycles. The van der Waals surface area contributed by atoms with E-state index >= 15 is 0 Å². The smallest absolute Gasteiger partial charge is 0.416 e. The highest BCUT2D eigenvalue weighted by Crippen LogP contribution is 2.32. The average Bonchev–Trinajstić information content (AvgIpc) is 3.34. The molecule has 0 fully saturated rings. The molecular formula is C25H23F3N4O2. The molecule has 0 aliphatic carbocycles. The highest BCUT2D eigenvalue weighted by atomic mass is 19.4. The van der Waals surface area contributed by atoms with Gasteiger partial charge in [0, 0.05) is 30.9 Å². The van der Waals surface area contributed by atoms with Gasteiger partial charge in [0.1, 0.15) is 23.0 Å². The molecule has 9 heteroatoms. The maximum absolute atomic E-state index is 13.0. The predicted molar refractivity (Wildman–Crippen MR) is 123 cm³/mol. The highest BCUT2D eigenvalue weighted by molar-refractivity contribution is 5.98. The van der Waals surface area contributed by atoms with E-state index in [0.717, 1.165) is 30.1 Å². The summed E-state index contributed by atoms with van der Waals surface area (Å²) in [5.41, 5.74) is 1.49. The van der Waals surface area contributed by atoms with Gasteiger partial charge < -0.3 is 15.4 Å². The Labute approximate surface area is 194 Å². The number of carbonyl (C=O) groups excluding carboxylic acids is 1. The van der Waals surface area contributed by atoms with Crippen LogP contribution in [0.1, 0.15) is 28.8 Å². The molecule has 3 aromatic rings. The molecule has 1 aromatic heterocycles. The van der Waals surface area contributed by atoms with Crippen molar-refractivity contribution >= 4 is 17.4 Å². The minimum absolute atomic E-state index is 0.115. The fraction of sp³-hybridized carbons (Fsp3) is 0.240. The summed E-state index contributed by atoms with van der Waals surface area (Å²) in [4.78, 5) is 21.1. The molecule has 1 aliphatic heterocycles. The number of nitrogens with zero attached hydrogens (tertiary/aromatic N) is 2. The van der Waals surface area contributed by atoms with Crippen LogP contribution in [0, 0.1) is 6.92 Å². The van der Waals surface area contributed by atoms with Crippen LogP contribution in [0.3, 0.4) is 0 Å². The average molecular weight is 468 g/mol. The van der Waals surface area contributed by atoms with Crippen molar-refractivity contribution in [3.63, 3.8) is 0 Å². The fourth-order valence-electron chi connectivity index (χ4n) is 3.48. The van der Waals surface area contributed by atoms with Gasteiger partial charge in [-0.25, -0.2) is 0 Å². The van der Waals surface area contributed by atoms with Crippen molar-refractivity contribution in [2.75, 3.05) is 18.4 Å². The molecule has 4 rings (SSSR count). The SMILES string of the molecule is Cc1ccc(C(F)(F)F)cc1NC(=O)CCc1cccc(Oc2ccnc(C3=NCCN3)c2)c1. The summed E-state index contributed by atoms with van der Waals surface area (Å²) in [5, 5.41) is 5.76. The van der Waals surface area contributed by atoms with Crippen molar-refractivity contribution in [1.82, 2.24) is 10.3 Å². The van der Waals surface area contributed by atoms with Gasteiger partial charge in [-0.3, -0.25) is 14.8 Å². The van der Waals surface area contributed by atoms with Crippen molar-refractivity contribution in [2.24, 2.45) is 4.99 Å². The molecule has 176 valence electrons. The fourth-order valence-corrected chi connectivity index (χ4v) is 3.48. The lowest BCUT2D eigenvalue weighted by Crippen LogP contribution is -2.20. The van der Waals surface area contributed by atoms with E-state index in [1.54, 1.807) is 31.3 Å². The summed E-state index contributed by atoms with van der Waals surface area (Å²) >= 11 is 0. The normalized spacial score (nSPS) is 13.2. The van der Waals surface area contributed by atoms with Crippen LogP contribution in [0.15, 0.2) is 65.8 Å². The maximum Gasteiger partial charge on any atom is 0.416 e. The van der Waals surface area contributed by atoms with Gasteiger partial charge >= 0.3 is 6.18 Å². The standard InChI is InChI=1S/C25H23F3N4O2/c1-16-5-7-18(25(26,27)28)14-21(16)32-23(33)8-6-17-3-2-4-19(13-17)34-20-9-10-29-22(15-20)24-30-11-12-31-24/h2-5,7,9-10,13-15H,6,8,11-12H2,1H3,(H,30,31)(H,32,33). The van der Waals surface area contributed by atoms with E-state index in [1.807, 2.05) is 18.2 Å². The zero-order valence-corrected chi connectivity index (χ0v) is 18.4. The summed E-state index contributed by atoms with van der Waals surface area (Å²) in [6.07, 6.45) is -2.30. The molecule has 34 heavy (non-hydrogen) atoms. The number of nitrogens with one attached hydrogen (secondary N) is 2. The number of benzene rings is 2. The van der Waals surface area contributed by atoms with Gasteiger partial charge in [0.25, 0.3) is 0 Å². The van der Waals surface area contributed by atoms with E-state index in [-0.39, 0.29) is 18.0 Å². The number of aromatic nitrogens is 1. The van der Waals surface area contributed by atoms with Crippen LogP contribution in [-0.2, 0) is 17.4 Å². The highest BCUT2D eigenvalue weighted by Gasteiger charge is 2.30. The van der Waals surface area contributed by atoms with Gasteiger partial charge in [-0.2, -0.15) is 13.2 Å². The van der Waals surface area contributed by atoms with E-state index in [1.165, 1.54) is 6.07 Å². The Hall–Kier alpha value is -3.88. The molecule has 1 aliphatic rings. The van der Waals surface area contributed by atoms with E-state index < -0.39 is 11.7 Å². The summed E-state index contributed by atoms with van der Waals surface area (Å²) in [6.45, 7) is 3.15. The minimum atomic E-state index is -4.47. The van der Waals surface area contributed by atoms with Crippen LogP contribution in [0.2, 0.25) is 0 Å². The van der Waals surface area contributed by atoms with Gasteiger partial charge in [0.2, 0.25) is 5.91 Å². The number of halogens is 3. The van der Waals surface area contributed by atoms with E-state index in [0.29, 0.717) is 35.7 Å². The Morgan fingerprint density at radius 2 is 1.94 bits per heavy atom.